The van der Waals surface area contributed by atoms with Crippen LogP contribution in [0.4, 0.5) is 0 Å². The molecule has 2 nitrogen and oxygen atoms in total. The molecule has 1 atom stereocenters. The van der Waals surface area contributed by atoms with Gasteiger partial charge in [0.2, 0.25) is 0 Å². The van der Waals surface area contributed by atoms with Gasteiger partial charge in [-0.15, -0.1) is 11.8 Å². The molecule has 0 aliphatic heterocycles. The number of aliphatic hydroxyl groups is 1. The van der Waals surface area contributed by atoms with Gasteiger partial charge in [-0.3, -0.25) is 0 Å². The van der Waals surface area contributed by atoms with Gasteiger partial charge in [-0.05, 0) is 35.1 Å². The molecule has 1 unspecified atom stereocenters. The molecule has 1 aromatic carbocycles. The van der Waals surface area contributed by atoms with Gasteiger partial charge in [0.25, 0.3) is 0 Å². The highest BCUT2D eigenvalue weighted by Crippen LogP contribution is 2.22. The molecule has 1 aromatic heterocycles. The van der Waals surface area contributed by atoms with Crippen molar-refractivity contribution in [2.24, 2.45) is 0 Å². The summed E-state index contributed by atoms with van der Waals surface area (Å²) in [4.78, 5) is 1.20. The monoisotopic (exact) mass is 338 g/mol. The van der Waals surface area contributed by atoms with E-state index in [1.165, 1.54) is 10.5 Å². The van der Waals surface area contributed by atoms with Crippen molar-refractivity contribution in [3.63, 3.8) is 0 Å². The second kappa shape index (κ2) is 10.7. The predicted octanol–water partition coefficient (Wildman–Crippen LogP) is 5.43. The fourth-order valence-corrected chi connectivity index (χ4v) is 3.40. The van der Waals surface area contributed by atoms with Crippen LogP contribution in [0.2, 0.25) is 0 Å². The molecule has 0 aliphatic carbocycles. The van der Waals surface area contributed by atoms with Crippen molar-refractivity contribution in [2.45, 2.75) is 44.6 Å². The summed E-state index contributed by atoms with van der Waals surface area (Å²) in [5, 5.41) is 14.0. The molecule has 0 fully saturated rings. The maximum Gasteiger partial charge on any atom is 0.119 e. The Morgan fingerprint density at radius 1 is 1.14 bits per heavy atom. The number of thioether (sulfide) groups is 1. The summed E-state index contributed by atoms with van der Waals surface area (Å²) >= 11 is 3.33. The van der Waals surface area contributed by atoms with Gasteiger partial charge >= 0.3 is 0 Å². The zero-order valence-electron chi connectivity index (χ0n) is 13.8. The molecule has 122 valence electrons. The van der Waals surface area contributed by atoms with E-state index in [2.05, 4.69) is 37.4 Å². The second-order valence-electron chi connectivity index (χ2n) is 4.96. The normalized spacial score (nSPS) is 11.7. The Morgan fingerprint density at radius 3 is 2.36 bits per heavy atom. The van der Waals surface area contributed by atoms with Crippen molar-refractivity contribution in [2.75, 3.05) is 12.4 Å². The Morgan fingerprint density at radius 2 is 1.82 bits per heavy atom. The van der Waals surface area contributed by atoms with Crippen LogP contribution in [0, 0.1) is 0 Å². The van der Waals surface area contributed by atoms with Crippen LogP contribution in [0.5, 0.6) is 5.75 Å². The first kappa shape index (κ1) is 19.1. The van der Waals surface area contributed by atoms with Crippen molar-refractivity contribution >= 4 is 23.1 Å². The lowest BCUT2D eigenvalue weighted by Crippen LogP contribution is -2.19. The fraction of sp³-hybridized carbons (Fsp3) is 0.444. The van der Waals surface area contributed by atoms with Crippen molar-refractivity contribution in [1.29, 1.82) is 0 Å². The van der Waals surface area contributed by atoms with Crippen LogP contribution in [0.15, 0.2) is 46.0 Å². The maximum atomic E-state index is 9.91. The molecule has 0 spiro atoms. The van der Waals surface area contributed by atoms with Crippen molar-refractivity contribution in [1.82, 2.24) is 0 Å². The SMILES string of the molecule is CC.CC(C)c1ccc(OCC(O)CSc2ccsc2)cc1. The molecule has 0 bridgehead atoms. The maximum absolute atomic E-state index is 9.91. The number of ether oxygens (including phenoxy) is 1. The number of aliphatic hydroxyl groups excluding tert-OH is 1. The molecule has 1 N–H and O–H groups in total. The third kappa shape index (κ3) is 6.86. The number of hydrogen-bond donors (Lipinski definition) is 1. The Balaban J connectivity index is 0.00000116. The summed E-state index contributed by atoms with van der Waals surface area (Å²) in [6.45, 7) is 8.67. The zero-order valence-corrected chi connectivity index (χ0v) is 15.4. The quantitative estimate of drug-likeness (QED) is 0.683. The zero-order chi connectivity index (χ0) is 16.4. The van der Waals surface area contributed by atoms with Gasteiger partial charge < -0.3 is 9.84 Å². The molecule has 0 radical (unpaired) electrons. The van der Waals surface area contributed by atoms with Crippen LogP contribution in [0.3, 0.4) is 0 Å². The molecule has 0 amide bonds. The molecule has 22 heavy (non-hydrogen) atoms. The molecule has 0 saturated heterocycles. The average Bonchev–Trinajstić information content (AvgIpc) is 3.06. The highest BCUT2D eigenvalue weighted by atomic mass is 32.2. The van der Waals surface area contributed by atoms with Gasteiger partial charge in [0, 0.05) is 16.0 Å². The second-order valence-corrected chi connectivity index (χ2v) is 6.83. The molecule has 0 saturated carbocycles. The van der Waals surface area contributed by atoms with Crippen LogP contribution in [0.25, 0.3) is 0 Å². The fourth-order valence-electron chi connectivity index (χ4n) is 1.72. The van der Waals surface area contributed by atoms with Gasteiger partial charge in [-0.1, -0.05) is 39.8 Å². The Labute approximate surface area is 142 Å². The van der Waals surface area contributed by atoms with E-state index < -0.39 is 6.10 Å². The standard InChI is InChI=1S/C16H20O2S2.C2H6/c1-12(2)13-3-5-15(6-4-13)18-9-14(17)10-20-16-7-8-19-11-16;1-2/h3-8,11-12,14,17H,9-10H2,1-2H3;1-2H3. The summed E-state index contributed by atoms with van der Waals surface area (Å²) in [5.74, 6) is 1.99. The number of benzene rings is 1. The first-order valence-corrected chi connectivity index (χ1v) is 9.64. The largest absolute Gasteiger partial charge is 0.491 e. The van der Waals surface area contributed by atoms with E-state index in [1.54, 1.807) is 23.1 Å². The van der Waals surface area contributed by atoms with Crippen LogP contribution in [0.1, 0.15) is 39.2 Å². The third-order valence-corrected chi connectivity index (χ3v) is 4.90. The number of hydrogen-bond acceptors (Lipinski definition) is 4. The van der Waals surface area contributed by atoms with Gasteiger partial charge in [-0.25, -0.2) is 0 Å². The van der Waals surface area contributed by atoms with E-state index in [9.17, 15) is 5.11 Å². The molecule has 1 heterocycles. The minimum Gasteiger partial charge on any atom is -0.491 e. The molecule has 2 aromatic rings. The summed E-state index contributed by atoms with van der Waals surface area (Å²) in [5.41, 5.74) is 1.30. The van der Waals surface area contributed by atoms with E-state index in [4.69, 9.17) is 4.74 Å². The summed E-state index contributed by atoms with van der Waals surface area (Å²) in [7, 11) is 0. The highest BCUT2D eigenvalue weighted by molar-refractivity contribution is 7.99. The molecular formula is C18H26O2S2. The van der Waals surface area contributed by atoms with Crippen LogP contribution >= 0.6 is 23.1 Å². The van der Waals surface area contributed by atoms with E-state index in [1.807, 2.05) is 31.4 Å². The minimum atomic E-state index is -0.454. The Bertz CT molecular complexity index is 492. The first-order valence-electron chi connectivity index (χ1n) is 7.71. The lowest BCUT2D eigenvalue weighted by atomic mass is 10.0. The third-order valence-electron chi connectivity index (χ3n) is 2.93. The summed E-state index contributed by atoms with van der Waals surface area (Å²) in [6.07, 6.45) is -0.454. The molecule has 2 rings (SSSR count). The Hall–Kier alpha value is -0.970. The van der Waals surface area contributed by atoms with E-state index >= 15 is 0 Å². The van der Waals surface area contributed by atoms with Crippen LogP contribution < -0.4 is 4.74 Å². The van der Waals surface area contributed by atoms with Crippen molar-refractivity contribution < 1.29 is 9.84 Å². The van der Waals surface area contributed by atoms with Gasteiger partial charge in [0.15, 0.2) is 0 Å². The lowest BCUT2D eigenvalue weighted by molar-refractivity contribution is 0.126. The van der Waals surface area contributed by atoms with E-state index in [-0.39, 0.29) is 0 Å². The number of rotatable bonds is 7. The molecule has 4 heteroatoms. The predicted molar refractivity (Wildman–Crippen MR) is 98.4 cm³/mol. The van der Waals surface area contributed by atoms with E-state index in [0.717, 1.165) is 5.75 Å². The van der Waals surface area contributed by atoms with Crippen LogP contribution in [-0.2, 0) is 0 Å². The van der Waals surface area contributed by atoms with Crippen molar-refractivity contribution in [3.8, 4) is 5.75 Å². The Kier molecular flexibility index (Phi) is 9.28. The van der Waals surface area contributed by atoms with Gasteiger partial charge in [0.05, 0.1) is 6.10 Å². The van der Waals surface area contributed by atoms with Gasteiger partial charge in [0.1, 0.15) is 12.4 Å². The molecular weight excluding hydrogens is 312 g/mol. The average molecular weight is 339 g/mol. The highest BCUT2D eigenvalue weighted by Gasteiger charge is 2.07. The minimum absolute atomic E-state index is 0.332. The topological polar surface area (TPSA) is 29.5 Å². The first-order chi connectivity index (χ1) is 10.6. The number of thiophene rings is 1. The summed E-state index contributed by atoms with van der Waals surface area (Å²) < 4.78 is 5.61. The lowest BCUT2D eigenvalue weighted by Gasteiger charge is -2.12. The smallest absolute Gasteiger partial charge is 0.119 e. The van der Waals surface area contributed by atoms with Crippen LogP contribution in [-0.4, -0.2) is 23.6 Å². The summed E-state index contributed by atoms with van der Waals surface area (Å²) in [6, 6.07) is 10.1. The van der Waals surface area contributed by atoms with Crippen molar-refractivity contribution in [3.05, 3.63) is 46.7 Å². The van der Waals surface area contributed by atoms with E-state index in [0.29, 0.717) is 18.3 Å². The van der Waals surface area contributed by atoms with Gasteiger partial charge in [-0.2, -0.15) is 11.3 Å². The molecule has 0 aliphatic rings.